The van der Waals surface area contributed by atoms with Gasteiger partial charge in [-0.2, -0.15) is 0 Å². The van der Waals surface area contributed by atoms with Gasteiger partial charge in [-0.15, -0.1) is 11.3 Å². The molecule has 144 valence electrons. The Morgan fingerprint density at radius 2 is 1.74 bits per heavy atom. The van der Waals surface area contributed by atoms with Crippen LogP contribution in [-0.4, -0.2) is 24.3 Å². The number of carbonyl (C=O) groups is 3. The largest absolute Gasteiger partial charge is 0.454 e. The van der Waals surface area contributed by atoms with Crippen molar-refractivity contribution >= 4 is 29.0 Å². The summed E-state index contributed by atoms with van der Waals surface area (Å²) < 4.78 is 5.14. The van der Waals surface area contributed by atoms with E-state index in [0.717, 1.165) is 16.0 Å². The summed E-state index contributed by atoms with van der Waals surface area (Å²) in [7, 11) is 0. The standard InChI is InChI=1S/C21H25NO4S/c1-13-6-7-15(10-14(13)2)19(24)26-12-17(23)18-9-8-16(27-18)11-22-20(25)21(3,4)5/h6-10H,11-12H2,1-5H3,(H,22,25). The number of Topliss-reactive ketones (excluding diaryl/α,β-unsaturated/α-hetero) is 1. The fourth-order valence-corrected chi connectivity index (χ4v) is 3.08. The maximum absolute atomic E-state index is 12.3. The molecule has 1 amide bonds. The molecule has 2 aromatic rings. The molecule has 0 atom stereocenters. The molecule has 0 aliphatic heterocycles. The minimum absolute atomic E-state index is 0.0499. The Bertz CT molecular complexity index is 861. The van der Waals surface area contributed by atoms with E-state index in [2.05, 4.69) is 5.32 Å². The third-order valence-electron chi connectivity index (χ3n) is 4.12. The van der Waals surface area contributed by atoms with Crippen molar-refractivity contribution in [2.45, 2.75) is 41.2 Å². The number of esters is 1. The van der Waals surface area contributed by atoms with E-state index in [1.165, 1.54) is 11.3 Å². The van der Waals surface area contributed by atoms with E-state index >= 15 is 0 Å². The molecule has 0 saturated carbocycles. The van der Waals surface area contributed by atoms with Crippen LogP contribution in [0, 0.1) is 19.3 Å². The zero-order chi connectivity index (χ0) is 20.2. The third kappa shape index (κ3) is 5.76. The zero-order valence-corrected chi connectivity index (χ0v) is 17.2. The highest BCUT2D eigenvalue weighted by Crippen LogP contribution is 2.19. The molecule has 1 aromatic carbocycles. The fourth-order valence-electron chi connectivity index (χ4n) is 2.21. The molecule has 5 nitrogen and oxygen atoms in total. The Morgan fingerprint density at radius 1 is 1.04 bits per heavy atom. The van der Waals surface area contributed by atoms with Crippen LogP contribution in [-0.2, 0) is 16.1 Å². The summed E-state index contributed by atoms with van der Waals surface area (Å²) >= 11 is 1.29. The number of benzene rings is 1. The van der Waals surface area contributed by atoms with E-state index < -0.39 is 11.4 Å². The molecule has 27 heavy (non-hydrogen) atoms. The predicted molar refractivity (Wildman–Crippen MR) is 106 cm³/mol. The van der Waals surface area contributed by atoms with Crippen molar-refractivity contribution in [3.05, 3.63) is 56.8 Å². The second kappa shape index (κ2) is 8.48. The predicted octanol–water partition coefficient (Wildman–Crippen LogP) is 4.07. The molecule has 0 fully saturated rings. The second-order valence-corrected chi connectivity index (χ2v) is 8.67. The van der Waals surface area contributed by atoms with Gasteiger partial charge in [-0.1, -0.05) is 26.8 Å². The molecule has 0 aliphatic rings. The highest BCUT2D eigenvalue weighted by atomic mass is 32.1. The molecule has 2 rings (SSSR count). The Morgan fingerprint density at radius 3 is 2.37 bits per heavy atom. The second-order valence-electron chi connectivity index (χ2n) is 7.50. The number of rotatable bonds is 6. The first-order valence-corrected chi connectivity index (χ1v) is 9.54. The van der Waals surface area contributed by atoms with Gasteiger partial charge in [-0.3, -0.25) is 9.59 Å². The van der Waals surface area contributed by atoms with Crippen LogP contribution in [0.1, 0.15) is 56.8 Å². The van der Waals surface area contributed by atoms with Crippen LogP contribution >= 0.6 is 11.3 Å². The van der Waals surface area contributed by atoms with Crippen molar-refractivity contribution in [3.8, 4) is 0 Å². The topological polar surface area (TPSA) is 72.5 Å². The molecule has 6 heteroatoms. The van der Waals surface area contributed by atoms with Crippen LogP contribution in [0.4, 0.5) is 0 Å². The minimum atomic E-state index is -0.513. The number of thiophene rings is 1. The van der Waals surface area contributed by atoms with Gasteiger partial charge in [0.1, 0.15) is 0 Å². The molecule has 1 N–H and O–H groups in total. The number of carbonyl (C=O) groups excluding carboxylic acids is 3. The number of nitrogens with one attached hydrogen (secondary N) is 1. The molecular formula is C21H25NO4S. The van der Waals surface area contributed by atoms with Gasteiger partial charge in [0.15, 0.2) is 6.61 Å². The van der Waals surface area contributed by atoms with E-state index in [4.69, 9.17) is 4.74 Å². The Balaban J connectivity index is 1.89. The van der Waals surface area contributed by atoms with Crippen molar-refractivity contribution < 1.29 is 19.1 Å². The summed E-state index contributed by atoms with van der Waals surface area (Å²) in [5.74, 6) is -0.822. The summed E-state index contributed by atoms with van der Waals surface area (Å²) in [6.45, 7) is 9.48. The van der Waals surface area contributed by atoms with Crippen LogP contribution in [0.15, 0.2) is 30.3 Å². The van der Waals surface area contributed by atoms with Crippen LogP contribution in [0.3, 0.4) is 0 Å². The van der Waals surface area contributed by atoms with Gasteiger partial charge in [0.05, 0.1) is 17.0 Å². The normalized spacial score (nSPS) is 11.1. The first kappa shape index (κ1) is 20.8. The number of hydrogen-bond acceptors (Lipinski definition) is 5. The Kier molecular flexibility index (Phi) is 6.54. The summed E-state index contributed by atoms with van der Waals surface area (Å²) in [6.07, 6.45) is 0. The van der Waals surface area contributed by atoms with Gasteiger partial charge >= 0.3 is 5.97 Å². The van der Waals surface area contributed by atoms with Gasteiger partial charge in [0, 0.05) is 10.3 Å². The van der Waals surface area contributed by atoms with E-state index in [-0.39, 0.29) is 18.3 Å². The molecule has 0 aliphatic carbocycles. The highest BCUT2D eigenvalue weighted by molar-refractivity contribution is 7.14. The maximum Gasteiger partial charge on any atom is 0.338 e. The van der Waals surface area contributed by atoms with E-state index in [0.29, 0.717) is 17.0 Å². The molecule has 0 saturated heterocycles. The summed E-state index contributed by atoms with van der Waals surface area (Å²) in [5.41, 5.74) is 2.06. The molecule has 0 spiro atoms. The summed E-state index contributed by atoms with van der Waals surface area (Å²) in [5, 5.41) is 2.85. The van der Waals surface area contributed by atoms with Crippen molar-refractivity contribution in [3.63, 3.8) is 0 Å². The van der Waals surface area contributed by atoms with Gasteiger partial charge < -0.3 is 10.1 Å². The lowest BCUT2D eigenvalue weighted by molar-refractivity contribution is -0.128. The highest BCUT2D eigenvalue weighted by Gasteiger charge is 2.21. The van der Waals surface area contributed by atoms with Gasteiger partial charge in [0.25, 0.3) is 0 Å². The number of aryl methyl sites for hydroxylation is 2. The van der Waals surface area contributed by atoms with E-state index in [1.807, 2.05) is 40.7 Å². The van der Waals surface area contributed by atoms with Crippen LogP contribution < -0.4 is 5.32 Å². The smallest absolute Gasteiger partial charge is 0.338 e. The maximum atomic E-state index is 12.3. The summed E-state index contributed by atoms with van der Waals surface area (Å²) in [4.78, 5) is 37.6. The SMILES string of the molecule is Cc1ccc(C(=O)OCC(=O)c2ccc(CNC(=O)C(C)(C)C)s2)cc1C. The van der Waals surface area contributed by atoms with Crippen LogP contribution in [0.25, 0.3) is 0 Å². The van der Waals surface area contributed by atoms with E-state index in [9.17, 15) is 14.4 Å². The number of ether oxygens (including phenoxy) is 1. The van der Waals surface area contributed by atoms with E-state index in [1.54, 1.807) is 24.3 Å². The number of amides is 1. The first-order valence-electron chi connectivity index (χ1n) is 8.72. The molecule has 0 unspecified atom stereocenters. The van der Waals surface area contributed by atoms with Crippen molar-refractivity contribution in [1.29, 1.82) is 0 Å². The Labute approximate surface area is 163 Å². The lowest BCUT2D eigenvalue weighted by Gasteiger charge is -2.17. The average molecular weight is 388 g/mol. The van der Waals surface area contributed by atoms with Crippen LogP contribution in [0.2, 0.25) is 0 Å². The molecule has 0 bridgehead atoms. The number of ketones is 1. The van der Waals surface area contributed by atoms with Crippen molar-refractivity contribution in [2.75, 3.05) is 6.61 Å². The third-order valence-corrected chi connectivity index (χ3v) is 5.24. The molecule has 1 aromatic heterocycles. The Hall–Kier alpha value is -2.47. The van der Waals surface area contributed by atoms with Crippen molar-refractivity contribution in [2.24, 2.45) is 5.41 Å². The quantitative estimate of drug-likeness (QED) is 0.599. The fraction of sp³-hybridized carbons (Fsp3) is 0.381. The number of hydrogen-bond donors (Lipinski definition) is 1. The minimum Gasteiger partial charge on any atom is -0.454 e. The monoisotopic (exact) mass is 387 g/mol. The first-order chi connectivity index (χ1) is 12.6. The van der Waals surface area contributed by atoms with Crippen LogP contribution in [0.5, 0.6) is 0 Å². The lowest BCUT2D eigenvalue weighted by Crippen LogP contribution is -2.34. The molecular weight excluding hydrogens is 362 g/mol. The molecule has 1 heterocycles. The average Bonchev–Trinajstić information content (AvgIpc) is 3.07. The van der Waals surface area contributed by atoms with Gasteiger partial charge in [-0.05, 0) is 49.2 Å². The summed E-state index contributed by atoms with van der Waals surface area (Å²) in [6, 6.07) is 8.78. The lowest BCUT2D eigenvalue weighted by atomic mass is 9.96. The van der Waals surface area contributed by atoms with Crippen molar-refractivity contribution in [1.82, 2.24) is 5.32 Å². The van der Waals surface area contributed by atoms with Gasteiger partial charge in [0.2, 0.25) is 11.7 Å². The van der Waals surface area contributed by atoms with Gasteiger partial charge in [-0.25, -0.2) is 4.79 Å². The molecule has 0 radical (unpaired) electrons. The zero-order valence-electron chi connectivity index (χ0n) is 16.3.